The summed E-state index contributed by atoms with van der Waals surface area (Å²) < 4.78 is 0. The normalized spacial score (nSPS) is 8.50. The first kappa shape index (κ1) is 6.93. The van der Waals surface area contributed by atoms with Crippen LogP contribution in [0.2, 0.25) is 0 Å². The molecule has 0 aromatic heterocycles. The Kier molecular flexibility index (Phi) is 5.14. The summed E-state index contributed by atoms with van der Waals surface area (Å²) >= 11 is 0. The van der Waals surface area contributed by atoms with Crippen LogP contribution in [0, 0.1) is 0 Å². The second-order valence-electron chi connectivity index (χ2n) is 1.24. The molecule has 0 fully saturated rings. The monoisotopic (exact) mass is 108 g/mol. The molecular weight excluding hydrogens is 100 g/mol. The highest BCUT2D eigenvalue weighted by Crippen LogP contribution is 1.80. The fourth-order valence-electron chi connectivity index (χ4n) is 0.282. The minimum atomic E-state index is 0.804. The molecule has 0 aliphatic rings. The highest BCUT2D eigenvalue weighted by molar-refractivity contribution is 5.48. The first-order valence-electron chi connectivity index (χ1n) is 2.38. The summed E-state index contributed by atoms with van der Waals surface area (Å²) in [4.78, 5) is 9.51. The van der Waals surface area contributed by atoms with E-state index in [1.54, 1.807) is 18.1 Å². The van der Waals surface area contributed by atoms with Gasteiger partial charge in [-0.2, -0.15) is 0 Å². The van der Waals surface area contributed by atoms with Crippen molar-refractivity contribution in [2.45, 2.75) is 6.42 Å². The van der Waals surface area contributed by atoms with Crippen LogP contribution in [-0.2, 0) is 4.79 Å². The number of allylic oxidation sites excluding steroid dienone is 4. The lowest BCUT2D eigenvalue weighted by molar-refractivity contribution is 0.569. The molecule has 0 bridgehead atoms. The van der Waals surface area contributed by atoms with Crippen LogP contribution < -0.4 is 0 Å². The maximum absolute atomic E-state index is 9.51. The van der Waals surface area contributed by atoms with Gasteiger partial charge in [-0.25, -0.2) is 4.79 Å². The van der Waals surface area contributed by atoms with Crippen molar-refractivity contribution in [1.82, 2.24) is 0 Å². The molecule has 0 rings (SSSR count). The standard InChI is InChI=1S/C7H8O/c1-2-3-4-5-6-7-8/h2,4-6H,1,3H2/b5-4-. The molecule has 0 aromatic carbocycles. The molecule has 0 saturated carbocycles. The van der Waals surface area contributed by atoms with E-state index < -0.39 is 0 Å². The molecule has 0 heterocycles. The average Bonchev–Trinajstić information content (AvgIpc) is 1.81. The lowest BCUT2D eigenvalue weighted by Crippen LogP contribution is -1.53. The van der Waals surface area contributed by atoms with Crippen molar-refractivity contribution in [3.8, 4) is 0 Å². The summed E-state index contributed by atoms with van der Waals surface area (Å²) in [6, 6.07) is 0. The summed E-state index contributed by atoms with van der Waals surface area (Å²) in [5, 5.41) is 0. The smallest absolute Gasteiger partial charge is 0.124 e. The van der Waals surface area contributed by atoms with Gasteiger partial charge < -0.3 is 0 Å². The van der Waals surface area contributed by atoms with Crippen LogP contribution in [0.4, 0.5) is 0 Å². The minimum Gasteiger partial charge on any atom is -0.234 e. The summed E-state index contributed by atoms with van der Waals surface area (Å²) in [6.07, 6.45) is 7.36. The summed E-state index contributed by atoms with van der Waals surface area (Å²) in [6.45, 7) is 3.49. The Bertz CT molecular complexity index is 127. The first-order valence-corrected chi connectivity index (χ1v) is 2.38. The Morgan fingerprint density at radius 1 is 1.62 bits per heavy atom. The van der Waals surface area contributed by atoms with E-state index in [1.807, 2.05) is 6.08 Å². The zero-order valence-electron chi connectivity index (χ0n) is 4.63. The molecular formula is C7H8O. The molecule has 0 aliphatic heterocycles. The quantitative estimate of drug-likeness (QED) is 0.304. The van der Waals surface area contributed by atoms with Crippen molar-refractivity contribution in [3.63, 3.8) is 0 Å². The second-order valence-corrected chi connectivity index (χ2v) is 1.24. The summed E-state index contributed by atoms with van der Waals surface area (Å²) in [7, 11) is 0. The lowest BCUT2D eigenvalue weighted by atomic mass is 10.4. The molecule has 1 nitrogen and oxygen atoms in total. The molecule has 0 spiro atoms. The summed E-state index contributed by atoms with van der Waals surface area (Å²) in [5.41, 5.74) is 0. The molecule has 0 aromatic rings. The molecule has 42 valence electrons. The van der Waals surface area contributed by atoms with Gasteiger partial charge in [0.25, 0.3) is 0 Å². The van der Waals surface area contributed by atoms with Crippen LogP contribution >= 0.6 is 0 Å². The topological polar surface area (TPSA) is 17.1 Å². The van der Waals surface area contributed by atoms with Gasteiger partial charge in [-0.05, 0) is 6.42 Å². The second kappa shape index (κ2) is 5.93. The van der Waals surface area contributed by atoms with E-state index in [-0.39, 0.29) is 0 Å². The van der Waals surface area contributed by atoms with E-state index in [0.717, 1.165) is 6.42 Å². The van der Waals surface area contributed by atoms with Crippen molar-refractivity contribution >= 4 is 5.94 Å². The van der Waals surface area contributed by atoms with Crippen molar-refractivity contribution in [1.29, 1.82) is 0 Å². The Hall–Kier alpha value is -1.07. The largest absolute Gasteiger partial charge is 0.234 e. The first-order chi connectivity index (χ1) is 3.91. The molecule has 0 unspecified atom stereocenters. The third-order valence-electron chi connectivity index (χ3n) is 0.603. The van der Waals surface area contributed by atoms with Crippen LogP contribution in [0.25, 0.3) is 0 Å². The van der Waals surface area contributed by atoms with Gasteiger partial charge in [-0.15, -0.1) is 6.58 Å². The molecule has 0 radical (unpaired) electrons. The zero-order chi connectivity index (χ0) is 6.24. The van der Waals surface area contributed by atoms with Crippen molar-refractivity contribution < 1.29 is 4.79 Å². The van der Waals surface area contributed by atoms with Crippen LogP contribution in [0.15, 0.2) is 30.9 Å². The van der Waals surface area contributed by atoms with Crippen molar-refractivity contribution in [3.05, 3.63) is 30.9 Å². The molecule has 0 amide bonds. The van der Waals surface area contributed by atoms with Gasteiger partial charge in [0.15, 0.2) is 0 Å². The Morgan fingerprint density at radius 3 is 2.88 bits per heavy atom. The van der Waals surface area contributed by atoms with Gasteiger partial charge in [0.1, 0.15) is 5.94 Å². The fourth-order valence-corrected chi connectivity index (χ4v) is 0.282. The Balaban J connectivity index is 3.33. The number of rotatable bonds is 3. The highest BCUT2D eigenvalue weighted by atomic mass is 16.1. The van der Waals surface area contributed by atoms with Crippen LogP contribution in [0.5, 0.6) is 0 Å². The van der Waals surface area contributed by atoms with Gasteiger partial charge in [-0.3, -0.25) is 0 Å². The molecule has 1 heteroatoms. The van der Waals surface area contributed by atoms with Crippen LogP contribution in [-0.4, -0.2) is 5.94 Å². The van der Waals surface area contributed by atoms with Gasteiger partial charge >= 0.3 is 0 Å². The minimum absolute atomic E-state index is 0.804. The number of hydrogen-bond acceptors (Lipinski definition) is 1. The SMILES string of the molecule is C=CC/C=C\C=C=O. The van der Waals surface area contributed by atoms with E-state index in [2.05, 4.69) is 6.58 Å². The maximum atomic E-state index is 9.51. The van der Waals surface area contributed by atoms with Gasteiger partial charge in [-0.1, -0.05) is 18.2 Å². The molecule has 0 saturated heterocycles. The predicted molar refractivity (Wildman–Crippen MR) is 34.2 cm³/mol. The number of carbonyl (C=O) groups excluding carboxylic acids is 1. The predicted octanol–water partition coefficient (Wildman–Crippen LogP) is 1.51. The van der Waals surface area contributed by atoms with Crippen molar-refractivity contribution in [2.24, 2.45) is 0 Å². The van der Waals surface area contributed by atoms with Gasteiger partial charge in [0, 0.05) is 6.08 Å². The van der Waals surface area contributed by atoms with E-state index in [9.17, 15) is 4.79 Å². The summed E-state index contributed by atoms with van der Waals surface area (Å²) in [5.74, 6) is 1.63. The Morgan fingerprint density at radius 2 is 2.38 bits per heavy atom. The zero-order valence-corrected chi connectivity index (χ0v) is 4.63. The molecule has 0 N–H and O–H groups in total. The fraction of sp³-hybridized carbons (Fsp3) is 0.143. The number of hydrogen-bond donors (Lipinski definition) is 0. The van der Waals surface area contributed by atoms with E-state index >= 15 is 0 Å². The third-order valence-corrected chi connectivity index (χ3v) is 0.603. The average molecular weight is 108 g/mol. The third kappa shape index (κ3) is 4.93. The molecule has 0 aliphatic carbocycles. The van der Waals surface area contributed by atoms with E-state index in [4.69, 9.17) is 0 Å². The highest BCUT2D eigenvalue weighted by Gasteiger charge is 1.62. The van der Waals surface area contributed by atoms with E-state index in [1.165, 1.54) is 6.08 Å². The van der Waals surface area contributed by atoms with Crippen LogP contribution in [0.3, 0.4) is 0 Å². The van der Waals surface area contributed by atoms with E-state index in [0.29, 0.717) is 0 Å². The Labute approximate surface area is 49.0 Å². The van der Waals surface area contributed by atoms with Crippen LogP contribution in [0.1, 0.15) is 6.42 Å². The van der Waals surface area contributed by atoms with Crippen molar-refractivity contribution in [2.75, 3.05) is 0 Å². The molecule has 8 heavy (non-hydrogen) atoms. The lowest BCUT2D eigenvalue weighted by Gasteiger charge is -1.70. The molecule has 0 atom stereocenters. The van der Waals surface area contributed by atoms with Gasteiger partial charge in [0.2, 0.25) is 0 Å². The maximum Gasteiger partial charge on any atom is 0.124 e. The van der Waals surface area contributed by atoms with Gasteiger partial charge in [0.05, 0.1) is 0 Å².